The molecular weight excluding hydrogens is 386 g/mol. The normalized spacial score (nSPS) is 16.7. The first-order valence-corrected chi connectivity index (χ1v) is 11.5. The molecule has 0 bridgehead atoms. The van der Waals surface area contributed by atoms with Crippen LogP contribution in [0.3, 0.4) is 0 Å². The first-order chi connectivity index (χ1) is 15.2. The lowest BCUT2D eigenvalue weighted by molar-refractivity contribution is 0.102. The van der Waals surface area contributed by atoms with E-state index in [2.05, 4.69) is 28.6 Å². The summed E-state index contributed by atoms with van der Waals surface area (Å²) in [5, 5.41) is 7.89. The number of rotatable bonds is 8. The third-order valence-corrected chi connectivity index (χ3v) is 6.61. The highest BCUT2D eigenvalue weighted by molar-refractivity contribution is 6.06. The van der Waals surface area contributed by atoms with Gasteiger partial charge in [-0.15, -0.1) is 0 Å². The Morgan fingerprint density at radius 2 is 1.84 bits per heavy atom. The monoisotopic (exact) mass is 417 g/mol. The maximum Gasteiger partial charge on any atom is 0.255 e. The summed E-state index contributed by atoms with van der Waals surface area (Å²) in [4.78, 5) is 16.3. The predicted molar refractivity (Wildman–Crippen MR) is 125 cm³/mol. The van der Waals surface area contributed by atoms with E-state index in [4.69, 9.17) is 4.74 Å². The van der Waals surface area contributed by atoms with E-state index < -0.39 is 0 Å². The molecule has 2 aliphatic carbocycles. The SMILES string of the molecule is Cc1c(NC(=O)c2ccc(OCC3CC3)cc2)ccc2[nH]c(CNC3CCCC3)cc12. The first-order valence-electron chi connectivity index (χ1n) is 11.5. The summed E-state index contributed by atoms with van der Waals surface area (Å²) in [7, 11) is 0. The fourth-order valence-electron chi connectivity index (χ4n) is 4.42. The zero-order valence-electron chi connectivity index (χ0n) is 18.2. The fourth-order valence-corrected chi connectivity index (χ4v) is 4.42. The molecule has 5 rings (SSSR count). The molecule has 1 heterocycles. The van der Waals surface area contributed by atoms with Crippen molar-refractivity contribution in [3.8, 4) is 5.75 Å². The second kappa shape index (κ2) is 8.75. The summed E-state index contributed by atoms with van der Waals surface area (Å²) in [5.41, 5.74) is 4.86. The average molecular weight is 418 g/mol. The molecule has 0 saturated heterocycles. The minimum absolute atomic E-state index is 0.102. The van der Waals surface area contributed by atoms with E-state index in [-0.39, 0.29) is 5.91 Å². The molecule has 3 N–H and O–H groups in total. The highest BCUT2D eigenvalue weighted by Crippen LogP contribution is 2.30. The highest BCUT2D eigenvalue weighted by Gasteiger charge is 2.22. The minimum atomic E-state index is -0.102. The molecule has 31 heavy (non-hydrogen) atoms. The van der Waals surface area contributed by atoms with E-state index in [9.17, 15) is 4.79 Å². The maximum absolute atomic E-state index is 12.8. The van der Waals surface area contributed by atoms with E-state index in [0.29, 0.717) is 17.5 Å². The van der Waals surface area contributed by atoms with Crippen molar-refractivity contribution >= 4 is 22.5 Å². The molecule has 5 nitrogen and oxygen atoms in total. The van der Waals surface area contributed by atoms with Crippen molar-refractivity contribution in [2.24, 2.45) is 5.92 Å². The molecule has 5 heteroatoms. The molecule has 2 aromatic carbocycles. The van der Waals surface area contributed by atoms with Gasteiger partial charge in [-0.25, -0.2) is 0 Å². The molecule has 3 aromatic rings. The Morgan fingerprint density at radius 1 is 1.06 bits per heavy atom. The van der Waals surface area contributed by atoms with Crippen molar-refractivity contribution in [1.29, 1.82) is 0 Å². The van der Waals surface area contributed by atoms with Crippen LogP contribution in [0, 0.1) is 12.8 Å². The summed E-state index contributed by atoms with van der Waals surface area (Å²) in [6, 6.07) is 14.3. The van der Waals surface area contributed by atoms with Gasteiger partial charge in [-0.1, -0.05) is 12.8 Å². The number of carbonyl (C=O) groups is 1. The van der Waals surface area contributed by atoms with E-state index in [0.717, 1.165) is 41.1 Å². The van der Waals surface area contributed by atoms with Crippen molar-refractivity contribution in [3.63, 3.8) is 0 Å². The van der Waals surface area contributed by atoms with Crippen LogP contribution in [0.25, 0.3) is 10.9 Å². The van der Waals surface area contributed by atoms with Gasteiger partial charge >= 0.3 is 0 Å². The topological polar surface area (TPSA) is 66.1 Å². The molecule has 2 aliphatic rings. The molecule has 0 aliphatic heterocycles. The summed E-state index contributed by atoms with van der Waals surface area (Å²) >= 11 is 0. The summed E-state index contributed by atoms with van der Waals surface area (Å²) < 4.78 is 5.76. The van der Waals surface area contributed by atoms with Gasteiger partial charge in [0.25, 0.3) is 5.91 Å². The van der Waals surface area contributed by atoms with Gasteiger partial charge in [0, 0.05) is 40.4 Å². The number of carbonyl (C=O) groups excluding carboxylic acids is 1. The van der Waals surface area contributed by atoms with Gasteiger partial charge in [0.05, 0.1) is 6.61 Å². The smallest absolute Gasteiger partial charge is 0.255 e. The first kappa shape index (κ1) is 20.1. The molecule has 1 aromatic heterocycles. The second-order valence-electron chi connectivity index (χ2n) is 9.09. The number of amides is 1. The molecule has 1 amide bonds. The van der Waals surface area contributed by atoms with Crippen LogP contribution in [0.15, 0.2) is 42.5 Å². The van der Waals surface area contributed by atoms with Gasteiger partial charge in [0.15, 0.2) is 0 Å². The number of H-pyrrole nitrogens is 1. The number of ether oxygens (including phenoxy) is 1. The Bertz CT molecular complexity index is 1060. The van der Waals surface area contributed by atoms with Gasteiger partial charge in [-0.05, 0) is 86.6 Å². The van der Waals surface area contributed by atoms with E-state index in [1.165, 1.54) is 44.2 Å². The van der Waals surface area contributed by atoms with Crippen LogP contribution in [0.4, 0.5) is 5.69 Å². The number of aryl methyl sites for hydroxylation is 1. The Labute approximate surface area is 183 Å². The van der Waals surface area contributed by atoms with Gasteiger partial charge in [0.2, 0.25) is 0 Å². The zero-order chi connectivity index (χ0) is 21.2. The van der Waals surface area contributed by atoms with Crippen LogP contribution in [-0.2, 0) is 6.54 Å². The van der Waals surface area contributed by atoms with Crippen LogP contribution in [-0.4, -0.2) is 23.5 Å². The predicted octanol–water partition coefficient (Wildman–Crippen LogP) is 5.55. The Balaban J connectivity index is 1.24. The third kappa shape index (κ3) is 4.77. The molecule has 162 valence electrons. The Kier molecular flexibility index (Phi) is 5.68. The molecule has 0 atom stereocenters. The number of anilines is 1. The largest absolute Gasteiger partial charge is 0.493 e. The number of aromatic amines is 1. The third-order valence-electron chi connectivity index (χ3n) is 6.61. The fraction of sp³-hybridized carbons (Fsp3) is 0.423. The van der Waals surface area contributed by atoms with Gasteiger partial charge in [-0.3, -0.25) is 4.79 Å². The zero-order valence-corrected chi connectivity index (χ0v) is 18.2. The number of benzene rings is 2. The lowest BCUT2D eigenvalue weighted by Gasteiger charge is -2.10. The van der Waals surface area contributed by atoms with Crippen LogP contribution in [0.2, 0.25) is 0 Å². The number of hydrogen-bond acceptors (Lipinski definition) is 3. The maximum atomic E-state index is 12.8. The molecule has 2 saturated carbocycles. The minimum Gasteiger partial charge on any atom is -0.493 e. The van der Waals surface area contributed by atoms with Crippen molar-refractivity contribution in [2.75, 3.05) is 11.9 Å². The number of aromatic nitrogens is 1. The van der Waals surface area contributed by atoms with Crippen molar-refractivity contribution in [3.05, 3.63) is 59.3 Å². The van der Waals surface area contributed by atoms with Crippen LogP contribution < -0.4 is 15.4 Å². The van der Waals surface area contributed by atoms with E-state index >= 15 is 0 Å². The average Bonchev–Trinajstić information content (AvgIpc) is 3.28. The number of hydrogen-bond donors (Lipinski definition) is 3. The molecule has 2 fully saturated rings. The lowest BCUT2D eigenvalue weighted by Crippen LogP contribution is -2.25. The van der Waals surface area contributed by atoms with Crippen molar-refractivity contribution in [1.82, 2.24) is 10.3 Å². The van der Waals surface area contributed by atoms with Crippen LogP contribution >= 0.6 is 0 Å². The summed E-state index contributed by atoms with van der Waals surface area (Å²) in [6.07, 6.45) is 7.77. The van der Waals surface area contributed by atoms with Crippen molar-refractivity contribution < 1.29 is 9.53 Å². The van der Waals surface area contributed by atoms with Crippen molar-refractivity contribution in [2.45, 2.75) is 58.0 Å². The number of nitrogens with one attached hydrogen (secondary N) is 3. The Morgan fingerprint density at radius 3 is 2.58 bits per heavy atom. The van der Waals surface area contributed by atoms with Crippen LogP contribution in [0.1, 0.15) is 60.1 Å². The van der Waals surface area contributed by atoms with E-state index in [1.807, 2.05) is 36.4 Å². The van der Waals surface area contributed by atoms with Gasteiger partial charge < -0.3 is 20.4 Å². The molecular formula is C26H31N3O2. The second-order valence-corrected chi connectivity index (χ2v) is 9.09. The number of fused-ring (bicyclic) bond motifs is 1. The molecule has 0 unspecified atom stereocenters. The lowest BCUT2D eigenvalue weighted by atomic mass is 10.1. The molecule has 0 radical (unpaired) electrons. The van der Waals surface area contributed by atoms with Gasteiger partial charge in [0.1, 0.15) is 5.75 Å². The van der Waals surface area contributed by atoms with Crippen LogP contribution in [0.5, 0.6) is 5.75 Å². The highest BCUT2D eigenvalue weighted by atomic mass is 16.5. The van der Waals surface area contributed by atoms with Gasteiger partial charge in [-0.2, -0.15) is 0 Å². The summed E-state index contributed by atoms with van der Waals surface area (Å²) in [5.74, 6) is 1.44. The summed E-state index contributed by atoms with van der Waals surface area (Å²) in [6.45, 7) is 3.70. The Hall–Kier alpha value is -2.79. The quantitative estimate of drug-likeness (QED) is 0.450. The standard InChI is InChI=1S/C26H31N3O2/c1-17-23-14-21(15-27-20-4-2-3-5-20)28-25(23)13-12-24(17)29-26(30)19-8-10-22(11-9-19)31-16-18-6-7-18/h8-14,18,20,27-28H,2-7,15-16H2,1H3,(H,29,30). The molecule has 0 spiro atoms. The van der Waals surface area contributed by atoms with E-state index in [1.54, 1.807) is 0 Å².